The Balaban J connectivity index is 1.61. The Morgan fingerprint density at radius 1 is 0.974 bits per heavy atom. The number of ether oxygens (including phenoxy) is 1. The minimum Gasteiger partial charge on any atom is -0.491 e. The van der Waals surface area contributed by atoms with Gasteiger partial charge < -0.3 is 30.3 Å². The summed E-state index contributed by atoms with van der Waals surface area (Å²) in [5.74, 6) is -1.23. The van der Waals surface area contributed by atoms with Crippen molar-refractivity contribution in [1.82, 2.24) is 20.4 Å². The van der Waals surface area contributed by atoms with Crippen LogP contribution in [-0.4, -0.2) is 90.5 Å². The zero-order valence-corrected chi connectivity index (χ0v) is 22.2. The number of carbonyl (C=O) groups is 4. The number of amides is 4. The molecule has 0 aromatic heterocycles. The smallest absolute Gasteiger partial charge is 0.255 e. The lowest BCUT2D eigenvalue weighted by molar-refractivity contribution is -0.138. The number of benzene rings is 2. The lowest BCUT2D eigenvalue weighted by Crippen LogP contribution is -2.54. The number of likely N-dealkylation sites (N-methyl/N-ethyl adjacent to an activating group) is 1. The average molecular weight is 537 g/mol. The van der Waals surface area contributed by atoms with Crippen LogP contribution in [-0.2, 0) is 20.8 Å². The molecule has 2 aromatic rings. The molecule has 10 nitrogen and oxygen atoms in total. The van der Waals surface area contributed by atoms with E-state index in [2.05, 4.69) is 10.6 Å². The number of hydrogen-bond donors (Lipinski definition) is 3. The number of piperidine rings is 1. The molecule has 0 radical (unpaired) electrons. The van der Waals surface area contributed by atoms with Gasteiger partial charge in [0.1, 0.15) is 24.4 Å². The lowest BCUT2D eigenvalue weighted by Gasteiger charge is -2.34. The van der Waals surface area contributed by atoms with Gasteiger partial charge in [-0.1, -0.05) is 42.5 Å². The molecule has 2 heterocycles. The van der Waals surface area contributed by atoms with Crippen molar-refractivity contribution in [2.24, 2.45) is 5.92 Å². The van der Waals surface area contributed by atoms with Crippen molar-refractivity contribution in [3.05, 3.63) is 65.7 Å². The van der Waals surface area contributed by atoms with Gasteiger partial charge in [0.15, 0.2) is 0 Å². The molecular weight excluding hydrogens is 500 g/mol. The maximum atomic E-state index is 13.5. The van der Waals surface area contributed by atoms with Crippen molar-refractivity contribution >= 4 is 23.6 Å². The van der Waals surface area contributed by atoms with Gasteiger partial charge >= 0.3 is 0 Å². The number of aliphatic hydroxyl groups is 1. The number of nitrogens with zero attached hydrogens (tertiary/aromatic N) is 2. The van der Waals surface area contributed by atoms with Crippen molar-refractivity contribution in [2.45, 2.75) is 37.8 Å². The van der Waals surface area contributed by atoms with Gasteiger partial charge in [0.2, 0.25) is 17.7 Å². The highest BCUT2D eigenvalue weighted by molar-refractivity contribution is 6.01. The van der Waals surface area contributed by atoms with E-state index in [0.29, 0.717) is 31.7 Å². The fourth-order valence-electron chi connectivity index (χ4n) is 4.93. The first-order valence-electron chi connectivity index (χ1n) is 13.4. The Bertz CT molecular complexity index is 1170. The van der Waals surface area contributed by atoms with Crippen LogP contribution in [0.5, 0.6) is 5.75 Å². The van der Waals surface area contributed by atoms with Crippen molar-refractivity contribution in [1.29, 1.82) is 0 Å². The van der Waals surface area contributed by atoms with E-state index >= 15 is 0 Å². The summed E-state index contributed by atoms with van der Waals surface area (Å²) in [6.45, 7) is 1.31. The molecule has 4 amide bonds. The molecule has 3 N–H and O–H groups in total. The molecule has 0 bridgehead atoms. The molecule has 4 rings (SSSR count). The Morgan fingerprint density at radius 3 is 2.38 bits per heavy atom. The van der Waals surface area contributed by atoms with Gasteiger partial charge in [-0.3, -0.25) is 19.2 Å². The topological polar surface area (TPSA) is 128 Å². The molecule has 1 saturated heterocycles. The number of para-hydroxylation sites is 1. The standard InChI is InChI=1S/C29H36N4O6/c1-32-15-16-39-25-10-6-5-9-22(25)27(36)31-24(29(38)33-13-11-21(19-34)12-14-33)18-26(35)30-23(28(32)37)17-20-7-3-2-4-8-20/h2-10,21,23-24,34H,11-19H2,1H3,(H,30,35)(H,31,36)/t23-,24+/m1/s1. The maximum Gasteiger partial charge on any atom is 0.255 e. The van der Waals surface area contributed by atoms with E-state index in [4.69, 9.17) is 4.74 Å². The van der Waals surface area contributed by atoms with Crippen LogP contribution in [0.3, 0.4) is 0 Å². The van der Waals surface area contributed by atoms with E-state index in [1.807, 2.05) is 30.3 Å². The second-order valence-electron chi connectivity index (χ2n) is 10.1. The van der Waals surface area contributed by atoms with E-state index in [1.54, 1.807) is 36.2 Å². The minimum absolute atomic E-state index is 0.0622. The first-order valence-corrected chi connectivity index (χ1v) is 13.4. The second kappa shape index (κ2) is 13.2. The highest BCUT2D eigenvalue weighted by Gasteiger charge is 2.33. The molecule has 0 saturated carbocycles. The Morgan fingerprint density at radius 2 is 1.67 bits per heavy atom. The van der Waals surface area contributed by atoms with Crippen LogP contribution in [0.15, 0.2) is 54.6 Å². The summed E-state index contributed by atoms with van der Waals surface area (Å²) in [5.41, 5.74) is 1.12. The Kier molecular flexibility index (Phi) is 9.54. The Labute approximate surface area is 228 Å². The quantitative estimate of drug-likeness (QED) is 0.535. The predicted molar refractivity (Wildman–Crippen MR) is 144 cm³/mol. The molecule has 0 spiro atoms. The van der Waals surface area contributed by atoms with Gasteiger partial charge in [0.25, 0.3) is 5.91 Å². The highest BCUT2D eigenvalue weighted by atomic mass is 16.5. The third-order valence-electron chi connectivity index (χ3n) is 7.29. The van der Waals surface area contributed by atoms with Gasteiger partial charge in [0.05, 0.1) is 18.5 Å². The number of rotatable bonds is 4. The molecule has 2 aliphatic rings. The summed E-state index contributed by atoms with van der Waals surface area (Å²) in [5, 5.41) is 15.0. The normalized spacial score (nSPS) is 21.7. The third-order valence-corrected chi connectivity index (χ3v) is 7.29. The second-order valence-corrected chi connectivity index (χ2v) is 10.1. The van der Waals surface area contributed by atoms with Crippen LogP contribution in [0, 0.1) is 5.92 Å². The van der Waals surface area contributed by atoms with Crippen LogP contribution < -0.4 is 15.4 Å². The number of hydrogen-bond acceptors (Lipinski definition) is 6. The number of aliphatic hydroxyl groups excluding tert-OH is 1. The zero-order valence-electron chi connectivity index (χ0n) is 22.2. The highest BCUT2D eigenvalue weighted by Crippen LogP contribution is 2.21. The molecule has 1 fully saturated rings. The minimum atomic E-state index is -1.13. The molecule has 2 aromatic carbocycles. The van der Waals surface area contributed by atoms with Gasteiger partial charge in [-0.05, 0) is 36.5 Å². The molecular formula is C29H36N4O6. The van der Waals surface area contributed by atoms with Crippen molar-refractivity contribution < 1.29 is 29.0 Å². The fourth-order valence-corrected chi connectivity index (χ4v) is 4.93. The number of likely N-dealkylation sites (tertiary alicyclic amines) is 1. The van der Waals surface area contributed by atoms with Gasteiger partial charge in [-0.25, -0.2) is 0 Å². The van der Waals surface area contributed by atoms with Gasteiger partial charge in [0, 0.05) is 33.2 Å². The van der Waals surface area contributed by atoms with Gasteiger partial charge in [-0.15, -0.1) is 0 Å². The van der Waals surface area contributed by atoms with Crippen LogP contribution in [0.2, 0.25) is 0 Å². The molecule has 10 heteroatoms. The van der Waals surface area contributed by atoms with E-state index in [0.717, 1.165) is 5.56 Å². The SMILES string of the molecule is CN1CCOc2ccccc2C(=O)N[C@H](C(=O)N2CCC(CO)CC2)CC(=O)N[C@H](Cc2ccccc2)C1=O. The molecule has 0 unspecified atom stereocenters. The van der Waals surface area contributed by atoms with Crippen LogP contribution in [0.25, 0.3) is 0 Å². The number of fused-ring (bicyclic) bond motifs is 1. The van der Waals surface area contributed by atoms with E-state index in [-0.39, 0.29) is 55.9 Å². The van der Waals surface area contributed by atoms with E-state index in [9.17, 15) is 24.3 Å². The number of nitrogens with one attached hydrogen (secondary N) is 2. The summed E-state index contributed by atoms with van der Waals surface area (Å²) < 4.78 is 5.87. The van der Waals surface area contributed by atoms with Crippen molar-refractivity contribution in [3.8, 4) is 5.75 Å². The first kappa shape index (κ1) is 28.1. The van der Waals surface area contributed by atoms with E-state index < -0.39 is 23.9 Å². The molecule has 2 atom stereocenters. The first-order chi connectivity index (χ1) is 18.9. The summed E-state index contributed by atoms with van der Waals surface area (Å²) >= 11 is 0. The van der Waals surface area contributed by atoms with Gasteiger partial charge in [-0.2, -0.15) is 0 Å². The molecule has 2 aliphatic heterocycles. The predicted octanol–water partition coefficient (Wildman–Crippen LogP) is 0.984. The van der Waals surface area contributed by atoms with Crippen LogP contribution in [0.4, 0.5) is 0 Å². The summed E-state index contributed by atoms with van der Waals surface area (Å²) in [6, 6.07) is 14.1. The molecule has 208 valence electrons. The Hall–Kier alpha value is -3.92. The maximum absolute atomic E-state index is 13.5. The van der Waals surface area contributed by atoms with Crippen molar-refractivity contribution in [3.63, 3.8) is 0 Å². The van der Waals surface area contributed by atoms with Crippen LogP contribution in [0.1, 0.15) is 35.2 Å². The third kappa shape index (κ3) is 7.35. The summed E-state index contributed by atoms with van der Waals surface area (Å²) in [6.07, 6.45) is 1.24. The van der Waals surface area contributed by atoms with Crippen molar-refractivity contribution in [2.75, 3.05) is 39.9 Å². The van der Waals surface area contributed by atoms with E-state index in [1.165, 1.54) is 4.90 Å². The monoisotopic (exact) mass is 536 g/mol. The molecule has 0 aliphatic carbocycles. The fraction of sp³-hybridized carbons (Fsp3) is 0.448. The zero-order chi connectivity index (χ0) is 27.8. The molecule has 39 heavy (non-hydrogen) atoms. The average Bonchev–Trinajstić information content (AvgIpc) is 2.96. The van der Waals surface area contributed by atoms with Crippen LogP contribution >= 0.6 is 0 Å². The lowest BCUT2D eigenvalue weighted by atomic mass is 9.97. The number of carbonyl (C=O) groups excluding carboxylic acids is 4. The summed E-state index contributed by atoms with van der Waals surface area (Å²) in [4.78, 5) is 56.6. The summed E-state index contributed by atoms with van der Waals surface area (Å²) in [7, 11) is 1.64. The largest absolute Gasteiger partial charge is 0.491 e.